The summed E-state index contributed by atoms with van der Waals surface area (Å²) in [6, 6.07) is 0. The second kappa shape index (κ2) is 5.06. The average molecular weight is 283 g/mol. The van der Waals surface area contributed by atoms with E-state index in [-0.39, 0.29) is 10.7 Å². The summed E-state index contributed by atoms with van der Waals surface area (Å²) in [6.07, 6.45) is 0.739. The van der Waals surface area contributed by atoms with E-state index in [0.717, 1.165) is 25.9 Å². The fourth-order valence-electron chi connectivity index (χ4n) is 2.30. The monoisotopic (exact) mass is 282 g/mol. The van der Waals surface area contributed by atoms with Crippen LogP contribution >= 0.6 is 11.6 Å². The van der Waals surface area contributed by atoms with E-state index in [1.165, 1.54) is 0 Å². The fraction of sp³-hybridized carbons (Fsp3) is 0.615. The number of likely N-dealkylation sites (N-methyl/N-ethyl adjacent to an activating group) is 1. The number of aromatic nitrogens is 2. The number of piperazine rings is 1. The quantitative estimate of drug-likeness (QED) is 0.611. The van der Waals surface area contributed by atoms with Gasteiger partial charge in [0.2, 0.25) is 0 Å². The Hall–Kier alpha value is -1.20. The van der Waals surface area contributed by atoms with Crippen LogP contribution in [-0.2, 0) is 0 Å². The van der Waals surface area contributed by atoms with Crippen molar-refractivity contribution < 1.29 is 4.79 Å². The van der Waals surface area contributed by atoms with E-state index in [1.807, 2.05) is 0 Å². The highest BCUT2D eigenvalue weighted by Crippen LogP contribution is 2.27. The van der Waals surface area contributed by atoms with Crippen molar-refractivity contribution in [2.45, 2.75) is 26.3 Å². The van der Waals surface area contributed by atoms with Gasteiger partial charge in [0.05, 0.1) is 5.56 Å². The van der Waals surface area contributed by atoms with Gasteiger partial charge in [-0.1, -0.05) is 11.6 Å². The first kappa shape index (κ1) is 14.2. The van der Waals surface area contributed by atoms with Crippen LogP contribution in [0.15, 0.2) is 0 Å². The molecule has 6 heteroatoms. The molecule has 2 rings (SSSR count). The molecule has 1 saturated heterocycles. The van der Waals surface area contributed by atoms with Crippen LogP contribution < -0.4 is 4.90 Å². The summed E-state index contributed by atoms with van der Waals surface area (Å²) in [7, 11) is 2.11. The van der Waals surface area contributed by atoms with Gasteiger partial charge in [-0.15, -0.1) is 0 Å². The van der Waals surface area contributed by atoms with Gasteiger partial charge in [0.1, 0.15) is 16.8 Å². The maximum absolute atomic E-state index is 11.2. The molecule has 2 heterocycles. The maximum Gasteiger partial charge on any atom is 0.156 e. The van der Waals surface area contributed by atoms with Crippen LogP contribution in [0.4, 0.5) is 5.82 Å². The van der Waals surface area contributed by atoms with Crippen molar-refractivity contribution in [1.82, 2.24) is 14.9 Å². The van der Waals surface area contributed by atoms with E-state index < -0.39 is 0 Å². The molecule has 0 N–H and O–H groups in total. The van der Waals surface area contributed by atoms with E-state index in [1.54, 1.807) is 6.92 Å². The Labute approximate surface area is 118 Å². The molecular formula is C13H19ClN4O. The number of carbonyl (C=O) groups excluding carboxylic acids is 1. The number of rotatable bonds is 2. The molecule has 0 amide bonds. The Kier molecular flexibility index (Phi) is 3.78. The maximum atomic E-state index is 11.2. The molecule has 19 heavy (non-hydrogen) atoms. The molecule has 0 atom stereocenters. The molecule has 1 aliphatic heterocycles. The number of hydrogen-bond acceptors (Lipinski definition) is 5. The second-order valence-corrected chi connectivity index (χ2v) is 5.93. The predicted molar refractivity (Wildman–Crippen MR) is 76.1 cm³/mol. The molecule has 5 nitrogen and oxygen atoms in total. The molecule has 0 saturated carbocycles. The number of nitrogens with zero attached hydrogens (tertiary/aromatic N) is 4. The highest BCUT2D eigenvalue weighted by molar-refractivity contribution is 6.32. The molecule has 0 aromatic carbocycles. The number of carbonyl (C=O) groups is 1. The summed E-state index contributed by atoms with van der Waals surface area (Å²) in [6.45, 7) is 8.69. The van der Waals surface area contributed by atoms with E-state index >= 15 is 0 Å². The van der Waals surface area contributed by atoms with Gasteiger partial charge >= 0.3 is 0 Å². The molecule has 0 spiro atoms. The molecule has 1 aromatic heterocycles. The summed E-state index contributed by atoms with van der Waals surface area (Å²) in [5.74, 6) is 1.23. The van der Waals surface area contributed by atoms with E-state index in [4.69, 9.17) is 11.6 Å². The number of aryl methyl sites for hydroxylation is 1. The van der Waals surface area contributed by atoms with Crippen molar-refractivity contribution in [3.8, 4) is 0 Å². The number of anilines is 1. The molecule has 1 aliphatic rings. The number of hydrogen-bond donors (Lipinski definition) is 0. The van der Waals surface area contributed by atoms with Gasteiger partial charge in [-0.05, 0) is 27.8 Å². The summed E-state index contributed by atoms with van der Waals surface area (Å²) in [5, 5.41) is 0.231. The minimum Gasteiger partial charge on any atom is -0.353 e. The molecule has 1 fully saturated rings. The van der Waals surface area contributed by atoms with Crippen LogP contribution in [0.1, 0.15) is 30.0 Å². The number of halogens is 1. The van der Waals surface area contributed by atoms with Crippen LogP contribution in [0.2, 0.25) is 5.15 Å². The highest BCUT2D eigenvalue weighted by Gasteiger charge is 2.33. The van der Waals surface area contributed by atoms with Crippen molar-refractivity contribution in [3.63, 3.8) is 0 Å². The summed E-state index contributed by atoms with van der Waals surface area (Å²) in [5.41, 5.74) is 0.414. The lowest BCUT2D eigenvalue weighted by Gasteiger charge is -2.46. The Balaban J connectivity index is 2.40. The normalized spacial score (nSPS) is 19.5. The smallest absolute Gasteiger partial charge is 0.156 e. The lowest BCUT2D eigenvalue weighted by Crippen LogP contribution is -2.58. The summed E-state index contributed by atoms with van der Waals surface area (Å²) < 4.78 is 0. The van der Waals surface area contributed by atoms with Crippen LogP contribution in [0.3, 0.4) is 0 Å². The minimum absolute atomic E-state index is 0.0315. The van der Waals surface area contributed by atoms with Crippen LogP contribution in [-0.4, -0.2) is 53.4 Å². The molecule has 0 unspecified atom stereocenters. The van der Waals surface area contributed by atoms with Crippen LogP contribution in [0, 0.1) is 6.92 Å². The largest absolute Gasteiger partial charge is 0.353 e. The predicted octanol–water partition coefficient (Wildman–Crippen LogP) is 1.78. The van der Waals surface area contributed by atoms with Gasteiger partial charge in [0, 0.05) is 25.2 Å². The van der Waals surface area contributed by atoms with E-state index in [0.29, 0.717) is 17.2 Å². The zero-order valence-corrected chi connectivity index (χ0v) is 12.5. The van der Waals surface area contributed by atoms with Gasteiger partial charge < -0.3 is 4.90 Å². The Morgan fingerprint density at radius 1 is 1.32 bits per heavy atom. The Morgan fingerprint density at radius 3 is 2.58 bits per heavy atom. The van der Waals surface area contributed by atoms with Gasteiger partial charge in [-0.2, -0.15) is 0 Å². The Bertz CT molecular complexity index is 504. The van der Waals surface area contributed by atoms with Crippen molar-refractivity contribution in [3.05, 3.63) is 16.5 Å². The topological polar surface area (TPSA) is 49.3 Å². The summed E-state index contributed by atoms with van der Waals surface area (Å²) >= 11 is 6.03. The van der Waals surface area contributed by atoms with E-state index in [2.05, 4.69) is 40.7 Å². The average Bonchev–Trinajstić information content (AvgIpc) is 2.31. The third-order valence-corrected chi connectivity index (χ3v) is 4.01. The van der Waals surface area contributed by atoms with Crippen molar-refractivity contribution in [2.24, 2.45) is 0 Å². The third kappa shape index (κ3) is 2.72. The molecule has 1 aromatic rings. The highest BCUT2D eigenvalue weighted by atomic mass is 35.5. The standard InChI is InChI=1S/C13H19ClN4O/c1-9-15-11(14)10(7-19)12(16-9)18-6-5-17(4)13(2,3)8-18/h7H,5-6,8H2,1-4H3. The zero-order chi connectivity index (χ0) is 14.2. The molecule has 0 bridgehead atoms. The first-order valence-corrected chi connectivity index (χ1v) is 6.68. The van der Waals surface area contributed by atoms with Crippen molar-refractivity contribution in [2.75, 3.05) is 31.6 Å². The lowest BCUT2D eigenvalue weighted by molar-refractivity contribution is 0.112. The first-order valence-electron chi connectivity index (χ1n) is 6.30. The van der Waals surface area contributed by atoms with Crippen LogP contribution in [0.25, 0.3) is 0 Å². The van der Waals surface area contributed by atoms with Gasteiger partial charge in [-0.25, -0.2) is 9.97 Å². The Morgan fingerprint density at radius 2 is 2.00 bits per heavy atom. The molecule has 0 aliphatic carbocycles. The third-order valence-electron chi connectivity index (χ3n) is 3.72. The van der Waals surface area contributed by atoms with E-state index in [9.17, 15) is 4.79 Å². The van der Waals surface area contributed by atoms with Crippen molar-refractivity contribution >= 4 is 23.7 Å². The minimum atomic E-state index is 0.0315. The summed E-state index contributed by atoms with van der Waals surface area (Å²) in [4.78, 5) is 24.1. The molecule has 104 valence electrons. The zero-order valence-electron chi connectivity index (χ0n) is 11.8. The SMILES string of the molecule is Cc1nc(Cl)c(C=O)c(N2CCN(C)C(C)(C)C2)n1. The van der Waals surface area contributed by atoms with Gasteiger partial charge in [-0.3, -0.25) is 9.69 Å². The van der Waals surface area contributed by atoms with Gasteiger partial charge in [0.25, 0.3) is 0 Å². The van der Waals surface area contributed by atoms with Crippen LogP contribution in [0.5, 0.6) is 0 Å². The first-order chi connectivity index (χ1) is 8.85. The lowest BCUT2D eigenvalue weighted by atomic mass is 9.99. The van der Waals surface area contributed by atoms with Gasteiger partial charge in [0.15, 0.2) is 6.29 Å². The fourth-order valence-corrected chi connectivity index (χ4v) is 2.55. The number of aldehydes is 1. The molecular weight excluding hydrogens is 264 g/mol. The molecule has 0 radical (unpaired) electrons. The van der Waals surface area contributed by atoms with Crippen molar-refractivity contribution in [1.29, 1.82) is 0 Å². The second-order valence-electron chi connectivity index (χ2n) is 5.57.